The average molecular weight is 261 g/mol. The molecule has 0 aromatic heterocycles. The van der Waals surface area contributed by atoms with Crippen LogP contribution in [0.1, 0.15) is 27.2 Å². The smallest absolute Gasteiger partial charge is 0.292 e. The van der Waals surface area contributed by atoms with Crippen LogP contribution in [0.4, 0.5) is 11.4 Å². The quantitative estimate of drug-likeness (QED) is 0.606. The van der Waals surface area contributed by atoms with E-state index in [1.54, 1.807) is 18.2 Å². The van der Waals surface area contributed by atoms with Crippen LogP contribution in [0, 0.1) is 15.5 Å². The molecule has 0 aliphatic carbocycles. The Morgan fingerprint density at radius 2 is 2.00 bits per heavy atom. The van der Waals surface area contributed by atoms with Gasteiger partial charge in [-0.15, -0.1) is 0 Å². The summed E-state index contributed by atoms with van der Waals surface area (Å²) in [6.07, 6.45) is 0.922. The minimum atomic E-state index is -0.329. The molecule has 0 atom stereocenters. The number of nitro benzene ring substituents is 1. The topological polar surface area (TPSA) is 58.7 Å². The Kier molecular flexibility index (Phi) is 3.55. The van der Waals surface area contributed by atoms with E-state index in [2.05, 4.69) is 25.8 Å². The Bertz CT molecular complexity index is 518. The first kappa shape index (κ1) is 13.5. The zero-order chi connectivity index (χ0) is 14.0. The summed E-state index contributed by atoms with van der Waals surface area (Å²) in [5, 5.41) is 11.2. The molecule has 1 aromatic carbocycles. The van der Waals surface area contributed by atoms with E-state index >= 15 is 0 Å². The molecular weight excluding hydrogens is 242 g/mol. The summed E-state index contributed by atoms with van der Waals surface area (Å²) < 4.78 is 0. The van der Waals surface area contributed by atoms with Crippen LogP contribution in [0.15, 0.2) is 29.3 Å². The zero-order valence-corrected chi connectivity index (χ0v) is 11.6. The van der Waals surface area contributed by atoms with Crippen molar-refractivity contribution in [2.24, 2.45) is 10.4 Å². The van der Waals surface area contributed by atoms with Crippen molar-refractivity contribution in [3.63, 3.8) is 0 Å². The van der Waals surface area contributed by atoms with Gasteiger partial charge in [0.05, 0.1) is 4.92 Å². The fraction of sp³-hybridized carbons (Fsp3) is 0.500. The zero-order valence-electron chi connectivity index (χ0n) is 11.6. The van der Waals surface area contributed by atoms with Crippen molar-refractivity contribution in [3.05, 3.63) is 34.4 Å². The van der Waals surface area contributed by atoms with Gasteiger partial charge in [-0.3, -0.25) is 15.1 Å². The van der Waals surface area contributed by atoms with Crippen LogP contribution in [0.5, 0.6) is 0 Å². The van der Waals surface area contributed by atoms with Gasteiger partial charge in [-0.05, 0) is 12.5 Å². The van der Waals surface area contributed by atoms with Crippen molar-refractivity contribution in [2.75, 3.05) is 18.0 Å². The molecule has 1 aliphatic rings. The number of rotatable bonds is 2. The average Bonchev–Trinajstić information content (AvgIpc) is 2.37. The largest absolute Gasteiger partial charge is 0.324 e. The van der Waals surface area contributed by atoms with Gasteiger partial charge in [-0.2, -0.15) is 0 Å². The lowest BCUT2D eigenvalue weighted by Gasteiger charge is -2.36. The van der Waals surface area contributed by atoms with Gasteiger partial charge in [0.1, 0.15) is 11.5 Å². The Morgan fingerprint density at radius 1 is 1.32 bits per heavy atom. The standard InChI is InChI=1S/C14H19N3O2/c1-14(2,3)13-15-9-6-10-16(13)11-7-4-5-8-12(11)17(18)19/h4-5,7-8H,6,9-10H2,1-3H3. The fourth-order valence-electron chi connectivity index (χ4n) is 2.33. The molecule has 2 rings (SSSR count). The van der Waals surface area contributed by atoms with Crippen LogP contribution in [-0.4, -0.2) is 23.8 Å². The molecule has 0 fully saturated rings. The summed E-state index contributed by atoms with van der Waals surface area (Å²) >= 11 is 0. The molecule has 5 nitrogen and oxygen atoms in total. The molecule has 0 saturated heterocycles. The number of aliphatic imine (C=N–C) groups is 1. The van der Waals surface area contributed by atoms with Crippen LogP contribution in [0.2, 0.25) is 0 Å². The minimum absolute atomic E-state index is 0.121. The lowest BCUT2D eigenvalue weighted by molar-refractivity contribution is -0.384. The SMILES string of the molecule is CC(C)(C)C1=NCCCN1c1ccccc1[N+](=O)[O-]. The molecule has 5 heteroatoms. The Labute approximate surface area is 113 Å². The predicted molar refractivity (Wildman–Crippen MR) is 76.8 cm³/mol. The van der Waals surface area contributed by atoms with Crippen molar-refractivity contribution in [3.8, 4) is 0 Å². The minimum Gasteiger partial charge on any atom is -0.324 e. The van der Waals surface area contributed by atoms with Gasteiger partial charge in [0.2, 0.25) is 0 Å². The van der Waals surface area contributed by atoms with Gasteiger partial charge in [-0.1, -0.05) is 32.9 Å². The number of hydrogen-bond donors (Lipinski definition) is 0. The number of amidine groups is 1. The highest BCUT2D eigenvalue weighted by molar-refractivity contribution is 6.03. The molecule has 0 bridgehead atoms. The highest BCUT2D eigenvalue weighted by Gasteiger charge is 2.31. The second-order valence-corrected chi connectivity index (χ2v) is 5.71. The van der Waals surface area contributed by atoms with E-state index in [-0.39, 0.29) is 16.0 Å². The van der Waals surface area contributed by atoms with E-state index in [0.717, 1.165) is 25.3 Å². The number of benzene rings is 1. The number of hydrogen-bond acceptors (Lipinski definition) is 4. The Balaban J connectivity index is 2.48. The van der Waals surface area contributed by atoms with Crippen LogP contribution in [-0.2, 0) is 0 Å². The van der Waals surface area contributed by atoms with Crippen LogP contribution in [0.25, 0.3) is 0 Å². The van der Waals surface area contributed by atoms with Crippen LogP contribution >= 0.6 is 0 Å². The number of nitro groups is 1. The van der Waals surface area contributed by atoms with E-state index in [0.29, 0.717) is 5.69 Å². The molecular formula is C14H19N3O2. The molecule has 0 N–H and O–H groups in total. The summed E-state index contributed by atoms with van der Waals surface area (Å²) in [4.78, 5) is 17.4. The maximum absolute atomic E-state index is 11.2. The van der Waals surface area contributed by atoms with Gasteiger partial charge in [0.15, 0.2) is 0 Å². The van der Waals surface area contributed by atoms with Crippen molar-refractivity contribution in [2.45, 2.75) is 27.2 Å². The highest BCUT2D eigenvalue weighted by Crippen LogP contribution is 2.33. The van der Waals surface area contributed by atoms with Gasteiger partial charge in [0.25, 0.3) is 5.69 Å². The maximum Gasteiger partial charge on any atom is 0.292 e. The molecule has 0 spiro atoms. The van der Waals surface area contributed by atoms with E-state index in [1.165, 1.54) is 0 Å². The molecule has 1 aliphatic heterocycles. The fourth-order valence-corrected chi connectivity index (χ4v) is 2.33. The van der Waals surface area contributed by atoms with E-state index < -0.39 is 0 Å². The van der Waals surface area contributed by atoms with Crippen molar-refractivity contribution >= 4 is 17.2 Å². The lowest BCUT2D eigenvalue weighted by atomic mass is 9.92. The van der Waals surface area contributed by atoms with E-state index in [1.807, 2.05) is 11.0 Å². The molecule has 1 heterocycles. The van der Waals surface area contributed by atoms with Crippen molar-refractivity contribution in [1.29, 1.82) is 0 Å². The van der Waals surface area contributed by atoms with Crippen LogP contribution in [0.3, 0.4) is 0 Å². The van der Waals surface area contributed by atoms with Gasteiger partial charge >= 0.3 is 0 Å². The third kappa shape index (κ3) is 2.75. The molecule has 0 radical (unpaired) electrons. The third-order valence-corrected chi connectivity index (χ3v) is 3.10. The third-order valence-electron chi connectivity index (χ3n) is 3.10. The monoisotopic (exact) mass is 261 g/mol. The second kappa shape index (κ2) is 4.99. The molecule has 102 valence electrons. The Morgan fingerprint density at radius 3 is 2.63 bits per heavy atom. The van der Waals surface area contributed by atoms with Gasteiger partial charge < -0.3 is 4.90 Å². The summed E-state index contributed by atoms with van der Waals surface area (Å²) in [5.41, 5.74) is 0.659. The van der Waals surface area contributed by atoms with Crippen molar-refractivity contribution < 1.29 is 4.92 Å². The summed E-state index contributed by atoms with van der Waals surface area (Å²) in [6, 6.07) is 6.87. The number of nitrogens with zero attached hydrogens (tertiary/aromatic N) is 3. The molecule has 0 amide bonds. The molecule has 0 unspecified atom stereocenters. The first-order valence-electron chi connectivity index (χ1n) is 6.47. The first-order chi connectivity index (χ1) is 8.91. The van der Waals surface area contributed by atoms with Crippen molar-refractivity contribution in [1.82, 2.24) is 0 Å². The normalized spacial score (nSPS) is 16.2. The summed E-state index contributed by atoms with van der Waals surface area (Å²) in [6.45, 7) is 7.82. The van der Waals surface area contributed by atoms with Gasteiger partial charge in [-0.25, -0.2) is 0 Å². The first-order valence-corrected chi connectivity index (χ1v) is 6.47. The summed E-state index contributed by atoms with van der Waals surface area (Å²) in [7, 11) is 0. The predicted octanol–water partition coefficient (Wildman–Crippen LogP) is 3.25. The van der Waals surface area contributed by atoms with Gasteiger partial charge in [0, 0.05) is 24.6 Å². The Hall–Kier alpha value is -1.91. The molecule has 19 heavy (non-hydrogen) atoms. The lowest BCUT2D eigenvalue weighted by Crippen LogP contribution is -2.43. The molecule has 1 aromatic rings. The van der Waals surface area contributed by atoms with Crippen LogP contribution < -0.4 is 4.90 Å². The molecule has 0 saturated carbocycles. The van der Waals surface area contributed by atoms with E-state index in [4.69, 9.17) is 0 Å². The van der Waals surface area contributed by atoms with E-state index in [9.17, 15) is 10.1 Å². The maximum atomic E-state index is 11.2. The summed E-state index contributed by atoms with van der Waals surface area (Å²) in [5.74, 6) is 0.924. The highest BCUT2D eigenvalue weighted by atomic mass is 16.6. The second-order valence-electron chi connectivity index (χ2n) is 5.71. The number of para-hydroxylation sites is 2. The number of anilines is 1.